The maximum Gasteiger partial charge on any atom is 0.291 e. The molecular formula is C25H30N2O6Si. The molecular weight excluding hydrogens is 452 g/mol. The molecule has 1 aliphatic rings. The van der Waals surface area contributed by atoms with Crippen LogP contribution in [0.5, 0.6) is 28.9 Å². The molecule has 180 valence electrons. The van der Waals surface area contributed by atoms with Crippen molar-refractivity contribution in [3.05, 3.63) is 47.7 Å². The minimum atomic E-state index is -1.53. The first kappa shape index (κ1) is 23.6. The van der Waals surface area contributed by atoms with E-state index in [0.29, 0.717) is 22.9 Å². The van der Waals surface area contributed by atoms with Gasteiger partial charge < -0.3 is 34.0 Å². The van der Waals surface area contributed by atoms with Crippen LogP contribution in [0.3, 0.4) is 0 Å². The monoisotopic (exact) mass is 482 g/mol. The lowest BCUT2D eigenvalue weighted by atomic mass is 10.2. The Labute approximate surface area is 200 Å². The quantitative estimate of drug-likeness (QED) is 0.458. The van der Waals surface area contributed by atoms with Gasteiger partial charge in [0, 0.05) is 24.7 Å². The topological polar surface area (TPSA) is 91.2 Å². The Morgan fingerprint density at radius 2 is 1.74 bits per heavy atom. The summed E-state index contributed by atoms with van der Waals surface area (Å²) in [4.78, 5) is 12.9. The van der Waals surface area contributed by atoms with Gasteiger partial charge in [0.25, 0.3) is 11.9 Å². The molecule has 0 bridgehead atoms. The highest BCUT2D eigenvalue weighted by atomic mass is 28.3. The van der Waals surface area contributed by atoms with Crippen LogP contribution < -0.4 is 34.8 Å². The number of benzene rings is 2. The molecule has 9 heteroatoms. The predicted molar refractivity (Wildman–Crippen MR) is 134 cm³/mol. The van der Waals surface area contributed by atoms with Crippen molar-refractivity contribution < 1.29 is 28.2 Å². The first-order valence-electron chi connectivity index (χ1n) is 11.0. The minimum Gasteiger partial charge on any atom is -0.496 e. The van der Waals surface area contributed by atoms with E-state index in [1.54, 1.807) is 31.4 Å². The van der Waals surface area contributed by atoms with Crippen molar-refractivity contribution >= 4 is 30.5 Å². The zero-order valence-electron chi connectivity index (χ0n) is 20.3. The number of carbonyl (C=O) groups excluding carboxylic acids is 1. The van der Waals surface area contributed by atoms with Crippen molar-refractivity contribution in [2.75, 3.05) is 38.5 Å². The molecule has 34 heavy (non-hydrogen) atoms. The molecule has 1 aliphatic heterocycles. The number of furan rings is 1. The second kappa shape index (κ2) is 9.34. The highest BCUT2D eigenvalue weighted by Crippen LogP contribution is 2.40. The zero-order chi connectivity index (χ0) is 24.5. The Balaban J connectivity index is 1.58. The van der Waals surface area contributed by atoms with Crippen molar-refractivity contribution in [2.24, 2.45) is 0 Å². The molecule has 0 unspecified atom stereocenters. The maximum absolute atomic E-state index is 12.9. The van der Waals surface area contributed by atoms with Crippen molar-refractivity contribution in [2.45, 2.75) is 26.1 Å². The number of rotatable bonds is 7. The van der Waals surface area contributed by atoms with Crippen molar-refractivity contribution in [1.82, 2.24) is 0 Å². The second-order valence-electron chi connectivity index (χ2n) is 8.78. The fraction of sp³-hybridized carbons (Fsp3) is 0.320. The summed E-state index contributed by atoms with van der Waals surface area (Å²) in [5.41, 5.74) is 2.39. The summed E-state index contributed by atoms with van der Waals surface area (Å²) in [5.74, 6) is 1.95. The van der Waals surface area contributed by atoms with E-state index in [4.69, 9.17) is 23.4 Å². The Bertz CT molecular complexity index is 1200. The molecule has 0 saturated heterocycles. The Morgan fingerprint density at radius 1 is 1.03 bits per heavy atom. The van der Waals surface area contributed by atoms with Gasteiger partial charge in [0.2, 0.25) is 0 Å². The molecule has 2 N–H and O–H groups in total. The highest BCUT2D eigenvalue weighted by Gasteiger charge is 2.32. The standard InChI is InChI=1S/C25H30N2O6Si/c1-15-7-9-20-23(26-11-12-34(20,5)6)24(15)33-21-10-8-17(32-21)25(28)27-22-18(30-3)13-16(29-2)14-19(22)31-4/h7-10,13-14,26H,11-12H2,1-6H3,(H,27,28). The van der Waals surface area contributed by atoms with Crippen LogP contribution in [0.25, 0.3) is 0 Å². The maximum atomic E-state index is 12.9. The number of hydrogen-bond acceptors (Lipinski definition) is 7. The summed E-state index contributed by atoms with van der Waals surface area (Å²) in [6.07, 6.45) is 0. The Hall–Kier alpha value is -3.59. The minimum absolute atomic E-state index is 0.0973. The molecule has 0 aliphatic carbocycles. The number of hydrogen-bond donors (Lipinski definition) is 2. The van der Waals surface area contributed by atoms with Gasteiger partial charge >= 0.3 is 0 Å². The number of nitrogens with one attached hydrogen (secondary N) is 2. The summed E-state index contributed by atoms with van der Waals surface area (Å²) in [6, 6.07) is 12.0. The number of fused-ring (bicyclic) bond motifs is 1. The van der Waals surface area contributed by atoms with Gasteiger partial charge in [0.15, 0.2) is 11.5 Å². The number of ether oxygens (including phenoxy) is 4. The third-order valence-electron chi connectivity index (χ3n) is 6.10. The third-order valence-corrected chi connectivity index (χ3v) is 9.47. The van der Waals surface area contributed by atoms with E-state index < -0.39 is 14.0 Å². The molecule has 1 aromatic heterocycles. The fourth-order valence-corrected chi connectivity index (χ4v) is 6.53. The van der Waals surface area contributed by atoms with Gasteiger partial charge in [-0.25, -0.2) is 0 Å². The Kier molecular flexibility index (Phi) is 6.47. The molecule has 4 rings (SSSR count). The van der Waals surface area contributed by atoms with Gasteiger partial charge in [-0.2, -0.15) is 0 Å². The summed E-state index contributed by atoms with van der Waals surface area (Å²) >= 11 is 0. The molecule has 0 atom stereocenters. The van der Waals surface area contributed by atoms with E-state index in [1.165, 1.54) is 25.5 Å². The van der Waals surface area contributed by atoms with Crippen molar-refractivity contribution in [3.8, 4) is 28.9 Å². The van der Waals surface area contributed by atoms with Gasteiger partial charge in [0.1, 0.15) is 22.9 Å². The van der Waals surface area contributed by atoms with Crippen LogP contribution in [0.2, 0.25) is 19.1 Å². The number of anilines is 2. The average Bonchev–Trinajstić information content (AvgIpc) is 3.29. The summed E-state index contributed by atoms with van der Waals surface area (Å²) < 4.78 is 28.0. The molecule has 2 heterocycles. The highest BCUT2D eigenvalue weighted by molar-refractivity contribution is 6.91. The van der Waals surface area contributed by atoms with Crippen LogP contribution in [0.15, 0.2) is 40.8 Å². The molecule has 0 saturated carbocycles. The second-order valence-corrected chi connectivity index (χ2v) is 13.6. The fourth-order valence-electron chi connectivity index (χ4n) is 4.09. The largest absolute Gasteiger partial charge is 0.496 e. The van der Waals surface area contributed by atoms with Gasteiger partial charge in [-0.15, -0.1) is 0 Å². The van der Waals surface area contributed by atoms with E-state index in [2.05, 4.69) is 35.9 Å². The number of aryl methyl sites for hydroxylation is 1. The number of methoxy groups -OCH3 is 3. The van der Waals surface area contributed by atoms with Gasteiger partial charge in [-0.1, -0.05) is 25.2 Å². The smallest absolute Gasteiger partial charge is 0.291 e. The number of carbonyl (C=O) groups is 1. The van der Waals surface area contributed by atoms with Gasteiger partial charge in [-0.05, 0) is 29.8 Å². The van der Waals surface area contributed by atoms with Crippen LogP contribution in [-0.2, 0) is 0 Å². The van der Waals surface area contributed by atoms with Crippen LogP contribution >= 0.6 is 0 Å². The molecule has 1 amide bonds. The van der Waals surface area contributed by atoms with E-state index >= 15 is 0 Å². The first-order valence-corrected chi connectivity index (χ1v) is 14.2. The molecule has 0 fully saturated rings. The lowest BCUT2D eigenvalue weighted by Gasteiger charge is -2.33. The van der Waals surface area contributed by atoms with Crippen molar-refractivity contribution in [1.29, 1.82) is 0 Å². The van der Waals surface area contributed by atoms with E-state index in [-0.39, 0.29) is 11.7 Å². The lowest BCUT2D eigenvalue weighted by molar-refractivity contribution is 0.0991. The molecule has 0 spiro atoms. The van der Waals surface area contributed by atoms with E-state index in [1.807, 2.05) is 6.92 Å². The molecule has 2 aromatic carbocycles. The van der Waals surface area contributed by atoms with E-state index in [0.717, 1.165) is 23.5 Å². The van der Waals surface area contributed by atoms with E-state index in [9.17, 15) is 4.79 Å². The lowest BCUT2D eigenvalue weighted by Crippen LogP contribution is -2.47. The summed E-state index contributed by atoms with van der Waals surface area (Å²) in [6.45, 7) is 7.65. The van der Waals surface area contributed by atoms with Crippen LogP contribution in [0.4, 0.5) is 11.4 Å². The van der Waals surface area contributed by atoms with Crippen molar-refractivity contribution in [3.63, 3.8) is 0 Å². The summed E-state index contributed by atoms with van der Waals surface area (Å²) in [5, 5.41) is 7.63. The molecule has 3 aromatic rings. The first-order chi connectivity index (χ1) is 16.3. The summed E-state index contributed by atoms with van der Waals surface area (Å²) in [7, 11) is 3.02. The zero-order valence-corrected chi connectivity index (χ0v) is 21.3. The SMILES string of the molecule is COc1cc(OC)c(NC(=O)c2ccc(Oc3c(C)ccc4c3NCC[Si]4(C)C)o2)c(OC)c1. The molecule has 8 nitrogen and oxygen atoms in total. The normalized spacial score (nSPS) is 13.9. The third kappa shape index (κ3) is 4.43. The number of amides is 1. The van der Waals surface area contributed by atoms with Crippen LogP contribution in [0, 0.1) is 6.92 Å². The van der Waals surface area contributed by atoms with Crippen LogP contribution in [0.1, 0.15) is 16.1 Å². The molecule has 0 radical (unpaired) electrons. The predicted octanol–water partition coefficient (Wildman–Crippen LogP) is 5.00. The van der Waals surface area contributed by atoms with Gasteiger partial charge in [-0.3, -0.25) is 4.79 Å². The van der Waals surface area contributed by atoms with Crippen LogP contribution in [-0.4, -0.2) is 41.9 Å². The average molecular weight is 483 g/mol. The Morgan fingerprint density at radius 3 is 2.38 bits per heavy atom. The van der Waals surface area contributed by atoms with Gasteiger partial charge in [0.05, 0.1) is 35.1 Å².